The van der Waals surface area contributed by atoms with Gasteiger partial charge in [0.15, 0.2) is 12.6 Å². The number of guanidine groups is 1. The van der Waals surface area contributed by atoms with Crippen molar-refractivity contribution in [1.82, 2.24) is 69.1 Å². The zero-order valence-electron chi connectivity index (χ0n) is 70.2. The molecule has 1 aliphatic heterocycles. The second-order valence-electron chi connectivity index (χ2n) is 27.1. The van der Waals surface area contributed by atoms with Crippen molar-refractivity contribution in [1.29, 1.82) is 0 Å². The number of thioether (sulfide) groups is 1. The predicted molar refractivity (Wildman–Crippen MR) is 472 cm³/mol. The van der Waals surface area contributed by atoms with Gasteiger partial charge >= 0.3 is 5.97 Å². The molecule has 7 atom stereocenters. The monoisotopic (exact) mass is 1950 g/mol. The first-order valence-electron chi connectivity index (χ1n) is 40.6. The van der Waals surface area contributed by atoms with E-state index in [1.165, 1.54) is 6.21 Å². The molecule has 3 rings (SSSR count). The number of nitrogens with one attached hydrogen (secondary N) is 13. The Morgan fingerprint density at radius 2 is 0.913 bits per heavy atom. The van der Waals surface area contributed by atoms with Gasteiger partial charge in [-0.3, -0.25) is 76.9 Å². The van der Waals surface area contributed by atoms with E-state index >= 15 is 0 Å². The maximum absolute atomic E-state index is 14.5. The summed E-state index contributed by atoms with van der Waals surface area (Å²) in [5.74, 6) is -13.3. The van der Waals surface area contributed by atoms with Crippen LogP contribution in [-0.4, -0.2) is 356 Å². The van der Waals surface area contributed by atoms with Crippen LogP contribution in [0.5, 0.6) is 0 Å². The fourth-order valence-electron chi connectivity index (χ4n) is 10.6. The standard InChI is InChI=1S/C77H121IN18O27S3/c78-54-15-13-53(14-16-54)42-89-123-48-68(103)85-21-25-115-29-33-119-36-38-120-37-35-118-32-28-114-24-20-84-67(102)47-122-46-65(100)82-17-5-4-10-56-72(108)94-59(49-124)75(111)92-55(11-6-18-87-77(80)81)70(106)88-43-64(99)91-58(41-69(104)105)74(110)95-60(50-125)76(112)93-57(40-52-8-2-1-3-9-52)73(109)96-61(51-126-39-7-12-63(98)90-56)71(107)86-22-26-116-30-34-117-31-27-113-23-19-83-66(101)45-121-44-62(79)97/h1-3,8-9,13-16,42,55-61,124-125H,4-7,10-12,17-41,43-51H2,(H2,79,97)(H,82,100)(H,83,101)(H,84,102)(H,85,103)(H,86,107)(H,88,106)(H,90,98)(H,91,99)(H,92,111)(H,93,112)(H,94,108)(H,95,110)(H,96,109)(H,104,105)(H4,80,81,87)/b89-42+/t55-,56-,57-,58-,59-,60-,61-/m0/s1. The SMILES string of the molecule is NC(=O)COCC(=O)NCCOCCOCCOCCNC(=O)[C@@H]1CSCCCC(=O)N[C@@H](CCCCNC(=O)COCC(=O)NCCOCCOCCOCCOCCOCCNC(=O)CO/N=C/c2ccc(I)cc2)C(=O)N[C@@H](CS)C(=O)N[C@@H](CCCN=C(N)N)C(=O)NCC(=O)N[C@@H](CC(=O)O)C(=O)N[C@@H](CS)C(=O)N[C@@H](Cc2ccccc2)C(=O)N1. The Morgan fingerprint density at radius 1 is 0.476 bits per heavy atom. The van der Waals surface area contributed by atoms with E-state index in [4.69, 9.17) is 69.4 Å². The van der Waals surface area contributed by atoms with E-state index in [0.29, 0.717) is 58.4 Å². The molecule has 1 fully saturated rings. The lowest BCUT2D eigenvalue weighted by atomic mass is 10.0. The van der Waals surface area contributed by atoms with Gasteiger partial charge in [-0.1, -0.05) is 47.6 Å². The molecule has 1 aliphatic rings. The second kappa shape index (κ2) is 70.7. The summed E-state index contributed by atoms with van der Waals surface area (Å²) < 4.78 is 55.3. The Hall–Kier alpha value is -9.39. The number of halogens is 1. The van der Waals surface area contributed by atoms with Crippen molar-refractivity contribution in [3.8, 4) is 0 Å². The molecule has 0 unspecified atom stereocenters. The Balaban J connectivity index is 1.61. The molecule has 0 aliphatic carbocycles. The molecule has 20 N–H and O–H groups in total. The Morgan fingerprint density at radius 3 is 1.42 bits per heavy atom. The minimum atomic E-state index is -1.88. The summed E-state index contributed by atoms with van der Waals surface area (Å²) in [6.45, 7) is 1.59. The van der Waals surface area contributed by atoms with E-state index in [9.17, 15) is 77.0 Å². The highest BCUT2D eigenvalue weighted by Gasteiger charge is 2.34. The van der Waals surface area contributed by atoms with Gasteiger partial charge in [-0.05, 0) is 90.1 Å². The molecular formula is C77H121IN18O27S3. The van der Waals surface area contributed by atoms with Crippen LogP contribution in [-0.2, 0) is 131 Å². The van der Waals surface area contributed by atoms with Crippen molar-refractivity contribution in [3.05, 3.63) is 69.3 Å². The van der Waals surface area contributed by atoms with Gasteiger partial charge in [0.05, 0.1) is 125 Å². The minimum absolute atomic E-state index is 0.00879. The molecule has 0 spiro atoms. The number of nitrogens with two attached hydrogens (primary N) is 3. The van der Waals surface area contributed by atoms with Crippen LogP contribution in [0.2, 0.25) is 0 Å². The van der Waals surface area contributed by atoms with Crippen molar-refractivity contribution < 1.29 is 129 Å². The van der Waals surface area contributed by atoms with Crippen LogP contribution < -0.4 is 86.3 Å². The van der Waals surface area contributed by atoms with Crippen LogP contribution in [0.4, 0.5) is 0 Å². The number of carboxylic acids is 1. The summed E-state index contributed by atoms with van der Waals surface area (Å²) in [6, 6.07) is 5.59. The van der Waals surface area contributed by atoms with Gasteiger partial charge in [0.2, 0.25) is 76.8 Å². The van der Waals surface area contributed by atoms with Gasteiger partial charge in [0, 0.05) is 72.9 Å². The normalized spacial score (nSPS) is 18.0. The van der Waals surface area contributed by atoms with Gasteiger partial charge in [-0.15, -0.1) is 0 Å². The lowest BCUT2D eigenvalue weighted by Crippen LogP contribution is -2.60. The maximum Gasteiger partial charge on any atom is 0.305 e. The first-order chi connectivity index (χ1) is 60.8. The van der Waals surface area contributed by atoms with E-state index in [1.54, 1.807) is 30.3 Å². The number of carbonyl (C=O) groups excluding carboxylic acids is 14. The molecule has 0 bridgehead atoms. The molecule has 1 heterocycles. The third-order valence-electron chi connectivity index (χ3n) is 16.9. The van der Waals surface area contributed by atoms with E-state index in [0.717, 1.165) is 20.9 Å². The van der Waals surface area contributed by atoms with Gasteiger partial charge in [-0.2, -0.15) is 37.0 Å². The molecule has 1 saturated heterocycles. The van der Waals surface area contributed by atoms with Crippen LogP contribution in [0, 0.1) is 3.57 Å². The highest BCUT2D eigenvalue weighted by Crippen LogP contribution is 2.13. The van der Waals surface area contributed by atoms with E-state index in [-0.39, 0.29) is 186 Å². The highest BCUT2D eigenvalue weighted by molar-refractivity contribution is 14.1. The highest BCUT2D eigenvalue weighted by atomic mass is 127. The average molecular weight is 1950 g/mol. The van der Waals surface area contributed by atoms with Crippen molar-refractivity contribution in [3.63, 3.8) is 0 Å². The molecule has 45 nitrogen and oxygen atoms in total. The van der Waals surface area contributed by atoms with E-state index in [2.05, 4.69) is 127 Å². The summed E-state index contributed by atoms with van der Waals surface area (Å²) >= 11 is 11.9. The second-order valence-corrected chi connectivity index (χ2v) is 30.3. The molecule has 2 aromatic carbocycles. The molecule has 14 amide bonds. The summed E-state index contributed by atoms with van der Waals surface area (Å²) in [5.41, 5.74) is 17.4. The quantitative estimate of drug-likeness (QED) is 0.00731. The number of carbonyl (C=O) groups is 15. The third kappa shape index (κ3) is 56.6. The van der Waals surface area contributed by atoms with Gasteiger partial charge in [0.25, 0.3) is 5.91 Å². The Labute approximate surface area is 758 Å². The predicted octanol–water partition coefficient (Wildman–Crippen LogP) is -6.29. The number of aliphatic carboxylic acids is 1. The molecule has 2 aromatic rings. The number of unbranched alkanes of at least 4 members (excludes halogenated alkanes) is 1. The van der Waals surface area contributed by atoms with Gasteiger partial charge in [-0.25, -0.2) is 0 Å². The summed E-state index contributed by atoms with van der Waals surface area (Å²) in [4.78, 5) is 207. The molecule has 49 heteroatoms. The zero-order chi connectivity index (χ0) is 92.2. The number of amides is 14. The lowest BCUT2D eigenvalue weighted by molar-refractivity contribution is -0.141. The van der Waals surface area contributed by atoms with E-state index in [1.807, 2.05) is 24.3 Å². The number of carboxylic acid groups (broad SMARTS) is 1. The number of aliphatic imine (C=N–C) groups is 1. The number of benzene rings is 2. The van der Waals surface area contributed by atoms with Crippen LogP contribution in [0.15, 0.2) is 64.7 Å². The van der Waals surface area contributed by atoms with Crippen molar-refractivity contribution in [2.24, 2.45) is 27.3 Å². The first kappa shape index (κ1) is 111. The summed E-state index contributed by atoms with van der Waals surface area (Å²) in [6.07, 6.45) is 0.595. The third-order valence-corrected chi connectivity index (χ3v) is 19.4. The topological polar surface area (TPSA) is 637 Å². The van der Waals surface area contributed by atoms with Crippen LogP contribution >= 0.6 is 59.6 Å². The molecular weight excluding hydrogens is 1830 g/mol. The number of rotatable bonds is 58. The number of thiol groups is 2. The van der Waals surface area contributed by atoms with Gasteiger partial charge in [0.1, 0.15) is 68.7 Å². The van der Waals surface area contributed by atoms with Gasteiger partial charge < -0.3 is 144 Å². The molecule has 0 aromatic heterocycles. The van der Waals surface area contributed by atoms with Crippen LogP contribution in [0.1, 0.15) is 62.5 Å². The molecule has 0 radical (unpaired) electrons. The number of ether oxygens (including phenoxy) is 10. The number of nitrogens with zero attached hydrogens (tertiary/aromatic N) is 2. The smallest absolute Gasteiger partial charge is 0.305 e. The zero-order valence-corrected chi connectivity index (χ0v) is 74.9. The minimum Gasteiger partial charge on any atom is -0.481 e. The largest absolute Gasteiger partial charge is 0.481 e. The molecule has 0 saturated carbocycles. The summed E-state index contributed by atoms with van der Waals surface area (Å²) in [5, 5.41) is 46.9. The van der Waals surface area contributed by atoms with Crippen molar-refractivity contribution >= 4 is 160 Å². The fourth-order valence-corrected chi connectivity index (χ4v) is 12.4. The van der Waals surface area contributed by atoms with E-state index < -0.39 is 164 Å². The Kier molecular flexibility index (Phi) is 62.1. The number of primary amides is 1. The first-order valence-corrected chi connectivity index (χ1v) is 44.1. The Bertz CT molecular complexity index is 3670. The van der Waals surface area contributed by atoms with Crippen molar-refractivity contribution in [2.45, 2.75) is 100 Å². The number of hydrogen-bond acceptors (Lipinski definition) is 31. The van der Waals surface area contributed by atoms with Crippen molar-refractivity contribution in [2.75, 3.05) is 208 Å². The van der Waals surface area contributed by atoms with Crippen LogP contribution in [0.25, 0.3) is 0 Å². The molecule has 706 valence electrons. The lowest BCUT2D eigenvalue weighted by Gasteiger charge is -2.26. The number of oxime groups is 1. The maximum atomic E-state index is 14.5. The summed E-state index contributed by atoms with van der Waals surface area (Å²) in [7, 11) is 0. The number of hydrogen-bond donors (Lipinski definition) is 19. The average Bonchev–Trinajstić information content (AvgIpc) is 0.869. The molecule has 126 heavy (non-hydrogen) atoms. The van der Waals surface area contributed by atoms with Crippen LogP contribution in [0.3, 0.4) is 0 Å². The fraction of sp³-hybridized carbons (Fsp3) is 0.623.